The third-order valence-electron chi connectivity index (χ3n) is 7.92. The maximum Gasteiger partial charge on any atom is 0.435 e. The Morgan fingerprint density at radius 1 is 1.06 bits per heavy atom. The van der Waals surface area contributed by atoms with E-state index in [0.717, 1.165) is 49.2 Å². The number of aromatic nitrogens is 5. The Morgan fingerprint density at radius 3 is 2.51 bits per heavy atom. The number of likely N-dealkylation sites (N-methyl/N-ethyl adjacent to an activating group) is 1. The van der Waals surface area contributed by atoms with Crippen LogP contribution in [0.5, 0.6) is 0 Å². The summed E-state index contributed by atoms with van der Waals surface area (Å²) in [7, 11) is 2.05. The van der Waals surface area contributed by atoms with E-state index >= 15 is 0 Å². The fourth-order valence-corrected chi connectivity index (χ4v) is 5.51. The molecule has 6 rings (SSSR count). The van der Waals surface area contributed by atoms with Crippen molar-refractivity contribution in [2.75, 3.05) is 45.1 Å². The summed E-state index contributed by atoms with van der Waals surface area (Å²) in [5.74, 6) is -2.16. The van der Waals surface area contributed by atoms with Crippen molar-refractivity contribution in [2.45, 2.75) is 12.7 Å². The van der Waals surface area contributed by atoms with Crippen LogP contribution in [-0.2, 0) is 12.7 Å². The molecule has 0 saturated carbocycles. The molecule has 244 valence electrons. The zero-order valence-corrected chi connectivity index (χ0v) is 25.6. The van der Waals surface area contributed by atoms with E-state index in [1.54, 1.807) is 16.7 Å². The lowest BCUT2D eigenvalue weighted by Crippen LogP contribution is -2.45. The molecule has 1 aliphatic heterocycles. The van der Waals surface area contributed by atoms with Gasteiger partial charge in [0.05, 0.1) is 10.5 Å². The lowest BCUT2D eigenvalue weighted by molar-refractivity contribution is -0.141. The molecule has 1 fully saturated rings. The fraction of sp³-hybridized carbons (Fsp3) is 0.258. The number of halogens is 5. The summed E-state index contributed by atoms with van der Waals surface area (Å²) < 4.78 is 56.8. The first-order valence-corrected chi connectivity index (χ1v) is 14.8. The highest BCUT2D eigenvalue weighted by Crippen LogP contribution is 2.32. The number of anilines is 2. The first-order valence-electron chi connectivity index (χ1n) is 14.4. The van der Waals surface area contributed by atoms with Crippen molar-refractivity contribution in [2.24, 2.45) is 0 Å². The molecule has 0 amide bonds. The summed E-state index contributed by atoms with van der Waals surface area (Å²) in [6.07, 6.45) is -0.974. The van der Waals surface area contributed by atoms with Crippen LogP contribution in [0.2, 0.25) is 5.02 Å². The normalized spacial score (nSPS) is 14.5. The van der Waals surface area contributed by atoms with Crippen LogP contribution in [0.3, 0.4) is 0 Å². The van der Waals surface area contributed by atoms with Gasteiger partial charge in [0.15, 0.2) is 11.5 Å². The molecular formula is C31H27ClF4N8O3. The number of carboxylic acid groups (broad SMARTS) is 1. The van der Waals surface area contributed by atoms with Gasteiger partial charge in [0.25, 0.3) is 0 Å². The lowest BCUT2D eigenvalue weighted by atomic mass is 10.0. The Hall–Kier alpha value is -4.86. The molecule has 1 aliphatic rings. The Morgan fingerprint density at radius 2 is 1.83 bits per heavy atom. The summed E-state index contributed by atoms with van der Waals surface area (Å²) >= 11 is 5.88. The number of nitrogens with one attached hydrogen (secondary N) is 1. The second-order valence-electron chi connectivity index (χ2n) is 11.1. The molecule has 1 saturated heterocycles. The maximum absolute atomic E-state index is 13.7. The molecular weight excluding hydrogens is 644 g/mol. The molecule has 0 atom stereocenters. The number of piperazine rings is 1. The number of rotatable bonds is 8. The predicted molar refractivity (Wildman–Crippen MR) is 167 cm³/mol. The van der Waals surface area contributed by atoms with Crippen molar-refractivity contribution < 1.29 is 27.5 Å². The van der Waals surface area contributed by atoms with Crippen molar-refractivity contribution in [3.8, 4) is 16.9 Å². The minimum atomic E-state index is -4.73. The van der Waals surface area contributed by atoms with Crippen molar-refractivity contribution >= 4 is 40.1 Å². The molecule has 47 heavy (non-hydrogen) atoms. The molecule has 5 aromatic rings. The third-order valence-corrected chi connectivity index (χ3v) is 8.21. The average molecular weight is 671 g/mol. The lowest BCUT2D eigenvalue weighted by Gasteiger charge is -2.32. The van der Waals surface area contributed by atoms with Crippen molar-refractivity contribution in [1.82, 2.24) is 34.1 Å². The summed E-state index contributed by atoms with van der Waals surface area (Å²) in [5.41, 5.74) is -0.939. The molecule has 0 unspecified atom stereocenters. The number of alkyl halides is 3. The van der Waals surface area contributed by atoms with Crippen LogP contribution >= 0.6 is 11.6 Å². The number of benzene rings is 2. The summed E-state index contributed by atoms with van der Waals surface area (Å²) in [6, 6.07) is 9.37. The van der Waals surface area contributed by atoms with Crippen molar-refractivity contribution in [3.63, 3.8) is 0 Å². The fourth-order valence-electron chi connectivity index (χ4n) is 5.33. The number of carboxylic acids is 1. The molecule has 0 aliphatic carbocycles. The minimum Gasteiger partial charge on any atom is -0.477 e. The van der Waals surface area contributed by atoms with E-state index in [-0.39, 0.29) is 27.7 Å². The van der Waals surface area contributed by atoms with E-state index < -0.39 is 34.6 Å². The largest absolute Gasteiger partial charge is 0.477 e. The second-order valence-corrected chi connectivity index (χ2v) is 11.5. The van der Waals surface area contributed by atoms with Gasteiger partial charge >= 0.3 is 12.1 Å². The van der Waals surface area contributed by atoms with Gasteiger partial charge in [-0.2, -0.15) is 23.3 Å². The van der Waals surface area contributed by atoms with Crippen LogP contribution in [0.1, 0.15) is 16.1 Å². The molecule has 11 nitrogen and oxygen atoms in total. The molecule has 3 aromatic heterocycles. The smallest absolute Gasteiger partial charge is 0.435 e. The maximum atomic E-state index is 13.7. The van der Waals surface area contributed by atoms with E-state index in [2.05, 4.69) is 30.2 Å². The number of fused-ring (bicyclic) bond motifs is 1. The van der Waals surface area contributed by atoms with E-state index in [4.69, 9.17) is 11.6 Å². The molecule has 0 radical (unpaired) electrons. The van der Waals surface area contributed by atoms with Gasteiger partial charge in [0.2, 0.25) is 11.4 Å². The number of pyridine rings is 1. The van der Waals surface area contributed by atoms with Gasteiger partial charge in [-0.25, -0.2) is 18.9 Å². The van der Waals surface area contributed by atoms with Crippen LogP contribution < -0.4 is 10.7 Å². The van der Waals surface area contributed by atoms with Gasteiger partial charge in [0, 0.05) is 74.5 Å². The van der Waals surface area contributed by atoms with Crippen molar-refractivity contribution in [3.05, 3.63) is 93.4 Å². The Kier molecular flexibility index (Phi) is 8.70. The predicted octanol–water partition coefficient (Wildman–Crippen LogP) is 5.14. The molecule has 0 spiro atoms. The summed E-state index contributed by atoms with van der Waals surface area (Å²) in [5, 5.41) is 16.3. The first-order chi connectivity index (χ1) is 22.4. The number of nitrogens with zero attached hydrogens (tertiary/aromatic N) is 7. The molecule has 0 bridgehead atoms. The van der Waals surface area contributed by atoms with Gasteiger partial charge in [-0.05, 0) is 49.0 Å². The van der Waals surface area contributed by atoms with Gasteiger partial charge in [0.1, 0.15) is 11.4 Å². The van der Waals surface area contributed by atoms with Crippen LogP contribution in [0.4, 0.5) is 29.2 Å². The highest BCUT2D eigenvalue weighted by atomic mass is 35.5. The summed E-state index contributed by atoms with van der Waals surface area (Å²) in [4.78, 5) is 38.6. The van der Waals surface area contributed by atoms with Crippen LogP contribution in [0.15, 0.2) is 65.8 Å². The van der Waals surface area contributed by atoms with Gasteiger partial charge < -0.3 is 19.9 Å². The minimum absolute atomic E-state index is 0.0595. The third kappa shape index (κ3) is 6.82. The molecule has 2 aromatic carbocycles. The van der Waals surface area contributed by atoms with E-state index in [9.17, 15) is 32.3 Å². The van der Waals surface area contributed by atoms with Crippen molar-refractivity contribution in [1.29, 1.82) is 0 Å². The number of hydrogen-bond donors (Lipinski definition) is 2. The average Bonchev–Trinajstić information content (AvgIpc) is 3.55. The number of aromatic carboxylic acids is 1. The zero-order chi connectivity index (χ0) is 33.5. The Balaban J connectivity index is 1.43. The quantitative estimate of drug-likeness (QED) is 0.216. The topological polar surface area (TPSA) is 121 Å². The monoisotopic (exact) mass is 670 g/mol. The molecule has 4 heterocycles. The number of carbonyl (C=O) groups is 1. The first kappa shape index (κ1) is 32.1. The van der Waals surface area contributed by atoms with Crippen LogP contribution in [0.25, 0.3) is 27.8 Å². The summed E-state index contributed by atoms with van der Waals surface area (Å²) in [6.45, 7) is 4.60. The van der Waals surface area contributed by atoms with Crippen LogP contribution in [0, 0.1) is 5.82 Å². The van der Waals surface area contributed by atoms with Gasteiger partial charge in [-0.15, -0.1) is 0 Å². The SMILES string of the molecule is CN1CCN(CCn2cc(C(=O)O)c(=O)c3cc(-c4cnc(Nc5ccc(F)c(Cl)c5)nc4-n4ccc(C(F)(F)F)n4)ccc32)CC1. The second kappa shape index (κ2) is 12.7. The molecule has 16 heteroatoms. The van der Waals surface area contributed by atoms with Gasteiger partial charge in [-0.3, -0.25) is 9.69 Å². The Labute approximate surface area is 269 Å². The standard InChI is InChI=1S/C31H27ClF4N8O3/c1-41-8-10-42(11-9-41)12-13-43-17-22(29(46)47)27(45)20-14-18(2-5-25(20)43)21-16-37-30(38-19-3-4-24(33)23(32)15-19)39-28(21)44-7-6-26(40-44)31(34,35)36/h2-7,14-17H,8-13H2,1H3,(H,46,47)(H,37,38,39). The van der Waals surface area contributed by atoms with E-state index in [1.807, 2.05) is 7.05 Å². The van der Waals surface area contributed by atoms with Gasteiger partial charge in [-0.1, -0.05) is 17.7 Å². The highest BCUT2D eigenvalue weighted by Gasteiger charge is 2.34. The van der Waals surface area contributed by atoms with E-state index in [1.165, 1.54) is 30.6 Å². The molecule has 2 N–H and O–H groups in total. The van der Waals surface area contributed by atoms with Crippen LogP contribution in [-0.4, -0.2) is 85.0 Å². The van der Waals surface area contributed by atoms with E-state index in [0.29, 0.717) is 29.9 Å². The highest BCUT2D eigenvalue weighted by molar-refractivity contribution is 6.31. The zero-order valence-electron chi connectivity index (χ0n) is 24.8. The Bertz CT molecular complexity index is 2040. The number of hydrogen-bond acceptors (Lipinski definition) is 8.